The van der Waals surface area contributed by atoms with Crippen LogP contribution in [0.3, 0.4) is 0 Å². The Morgan fingerprint density at radius 2 is 2.08 bits per heavy atom. The lowest BCUT2D eigenvalue weighted by Gasteiger charge is -2.35. The molecule has 0 nitrogen and oxygen atoms in total. The Bertz CT molecular complexity index is 190. The molecule has 3 unspecified atom stereocenters. The van der Waals surface area contributed by atoms with Crippen LogP contribution < -0.4 is 0 Å². The van der Waals surface area contributed by atoms with E-state index in [4.69, 9.17) is 0 Å². The summed E-state index contributed by atoms with van der Waals surface area (Å²) in [5, 5.41) is 0. The van der Waals surface area contributed by atoms with Crippen LogP contribution in [0.15, 0.2) is 11.6 Å². The molecule has 0 aromatic heterocycles. The third-order valence-corrected chi connectivity index (χ3v) is 3.67. The fraction of sp³-hybridized carbons (Fsp3) is 0.833. The van der Waals surface area contributed by atoms with Gasteiger partial charge in [-0.05, 0) is 43.4 Å². The number of rotatable bonds is 0. The third kappa shape index (κ3) is 1.44. The molecule has 0 heteroatoms. The van der Waals surface area contributed by atoms with Crippen molar-refractivity contribution in [2.24, 2.45) is 17.8 Å². The van der Waals surface area contributed by atoms with E-state index >= 15 is 0 Å². The zero-order chi connectivity index (χ0) is 8.55. The molecule has 0 spiro atoms. The van der Waals surface area contributed by atoms with Gasteiger partial charge in [0.2, 0.25) is 0 Å². The Morgan fingerprint density at radius 1 is 1.25 bits per heavy atom. The molecule has 0 heterocycles. The Kier molecular flexibility index (Phi) is 2.25. The van der Waals surface area contributed by atoms with Gasteiger partial charge in [-0.25, -0.2) is 0 Å². The van der Waals surface area contributed by atoms with Gasteiger partial charge in [-0.2, -0.15) is 0 Å². The van der Waals surface area contributed by atoms with Crippen LogP contribution in [0.2, 0.25) is 0 Å². The van der Waals surface area contributed by atoms with Crippen LogP contribution in [-0.2, 0) is 0 Å². The van der Waals surface area contributed by atoms with Gasteiger partial charge in [0.25, 0.3) is 0 Å². The monoisotopic (exact) mass is 164 g/mol. The van der Waals surface area contributed by atoms with E-state index in [0.717, 1.165) is 17.8 Å². The molecule has 2 aliphatic rings. The summed E-state index contributed by atoms with van der Waals surface area (Å²) < 4.78 is 0. The minimum absolute atomic E-state index is 0.899. The summed E-state index contributed by atoms with van der Waals surface area (Å²) in [5.41, 5.74) is 1.80. The van der Waals surface area contributed by atoms with Gasteiger partial charge in [0.05, 0.1) is 0 Å². The highest BCUT2D eigenvalue weighted by Crippen LogP contribution is 2.41. The summed E-state index contributed by atoms with van der Waals surface area (Å²) >= 11 is 0. The first-order valence-corrected chi connectivity index (χ1v) is 5.47. The van der Waals surface area contributed by atoms with Crippen molar-refractivity contribution in [1.82, 2.24) is 0 Å². The topological polar surface area (TPSA) is 0 Å². The van der Waals surface area contributed by atoms with Crippen molar-refractivity contribution in [3.05, 3.63) is 11.6 Å². The van der Waals surface area contributed by atoms with Crippen molar-refractivity contribution < 1.29 is 0 Å². The average molecular weight is 164 g/mol. The normalized spacial score (nSPS) is 41.8. The molecule has 0 aliphatic heterocycles. The molecular formula is C12H20. The first-order chi connectivity index (χ1) is 5.77. The first-order valence-electron chi connectivity index (χ1n) is 5.47. The summed E-state index contributed by atoms with van der Waals surface area (Å²) in [6.45, 7) is 4.81. The van der Waals surface area contributed by atoms with Crippen molar-refractivity contribution in [3.8, 4) is 0 Å². The molecular weight excluding hydrogens is 144 g/mol. The van der Waals surface area contributed by atoms with E-state index in [1.807, 2.05) is 0 Å². The van der Waals surface area contributed by atoms with E-state index in [-0.39, 0.29) is 0 Å². The fourth-order valence-electron chi connectivity index (χ4n) is 2.95. The summed E-state index contributed by atoms with van der Waals surface area (Å²) in [7, 11) is 0. The van der Waals surface area contributed by atoms with Gasteiger partial charge in [0, 0.05) is 0 Å². The van der Waals surface area contributed by atoms with E-state index in [0.29, 0.717) is 0 Å². The molecule has 0 aromatic carbocycles. The van der Waals surface area contributed by atoms with Crippen LogP contribution in [-0.4, -0.2) is 0 Å². The van der Waals surface area contributed by atoms with Gasteiger partial charge in [0.15, 0.2) is 0 Å². The third-order valence-electron chi connectivity index (χ3n) is 3.67. The molecule has 2 aliphatic carbocycles. The van der Waals surface area contributed by atoms with Crippen LogP contribution in [0.1, 0.15) is 46.0 Å². The van der Waals surface area contributed by atoms with Gasteiger partial charge < -0.3 is 0 Å². The van der Waals surface area contributed by atoms with Gasteiger partial charge in [-0.3, -0.25) is 0 Å². The van der Waals surface area contributed by atoms with E-state index in [1.54, 1.807) is 5.57 Å². The van der Waals surface area contributed by atoms with Gasteiger partial charge in [-0.15, -0.1) is 0 Å². The van der Waals surface area contributed by atoms with Crippen molar-refractivity contribution in [1.29, 1.82) is 0 Å². The van der Waals surface area contributed by atoms with Gasteiger partial charge in [-0.1, -0.05) is 31.9 Å². The molecule has 1 saturated carbocycles. The highest BCUT2D eigenvalue weighted by atomic mass is 14.3. The molecule has 0 bridgehead atoms. The molecule has 2 rings (SSSR count). The lowest BCUT2D eigenvalue weighted by Crippen LogP contribution is -2.22. The SMILES string of the molecule is CC1CC=C2C(C)CCCC2C1. The maximum atomic E-state index is 2.54. The van der Waals surface area contributed by atoms with Crippen LogP contribution in [0.25, 0.3) is 0 Å². The molecule has 3 atom stereocenters. The Labute approximate surface area is 76.1 Å². The van der Waals surface area contributed by atoms with Crippen LogP contribution >= 0.6 is 0 Å². The molecule has 0 N–H and O–H groups in total. The molecule has 1 fully saturated rings. The Hall–Kier alpha value is -0.260. The van der Waals surface area contributed by atoms with Crippen molar-refractivity contribution in [2.75, 3.05) is 0 Å². The molecule has 0 amide bonds. The Morgan fingerprint density at radius 3 is 2.92 bits per heavy atom. The second kappa shape index (κ2) is 3.24. The van der Waals surface area contributed by atoms with E-state index in [2.05, 4.69) is 19.9 Å². The molecule has 0 aromatic rings. The van der Waals surface area contributed by atoms with Crippen LogP contribution in [0, 0.1) is 17.8 Å². The van der Waals surface area contributed by atoms with Gasteiger partial charge in [0.1, 0.15) is 0 Å². The lowest BCUT2D eigenvalue weighted by atomic mass is 9.70. The second-order valence-corrected chi connectivity index (χ2v) is 4.81. The predicted octanol–water partition coefficient (Wildman–Crippen LogP) is 3.78. The second-order valence-electron chi connectivity index (χ2n) is 4.81. The largest absolute Gasteiger partial charge is 0.0845 e. The van der Waals surface area contributed by atoms with E-state index in [1.165, 1.54) is 32.1 Å². The number of hydrogen-bond acceptors (Lipinski definition) is 0. The minimum atomic E-state index is 0.899. The summed E-state index contributed by atoms with van der Waals surface area (Å²) in [5.74, 6) is 2.82. The zero-order valence-electron chi connectivity index (χ0n) is 8.34. The van der Waals surface area contributed by atoms with E-state index < -0.39 is 0 Å². The van der Waals surface area contributed by atoms with Crippen LogP contribution in [0.4, 0.5) is 0 Å². The maximum absolute atomic E-state index is 2.54. The van der Waals surface area contributed by atoms with Crippen molar-refractivity contribution in [3.63, 3.8) is 0 Å². The summed E-state index contributed by atoms with van der Waals surface area (Å²) in [6.07, 6.45) is 9.74. The lowest BCUT2D eigenvalue weighted by molar-refractivity contribution is 0.306. The minimum Gasteiger partial charge on any atom is -0.0845 e. The average Bonchev–Trinajstić information content (AvgIpc) is 2.04. The fourth-order valence-corrected chi connectivity index (χ4v) is 2.95. The molecule has 0 saturated heterocycles. The number of hydrogen-bond donors (Lipinski definition) is 0. The van der Waals surface area contributed by atoms with E-state index in [9.17, 15) is 0 Å². The number of fused-ring (bicyclic) bond motifs is 1. The Balaban J connectivity index is 2.14. The zero-order valence-corrected chi connectivity index (χ0v) is 8.34. The van der Waals surface area contributed by atoms with Crippen molar-refractivity contribution >= 4 is 0 Å². The molecule has 68 valence electrons. The highest BCUT2D eigenvalue weighted by Gasteiger charge is 2.28. The van der Waals surface area contributed by atoms with Crippen molar-refractivity contribution in [2.45, 2.75) is 46.0 Å². The first kappa shape index (κ1) is 8.34. The molecule has 0 radical (unpaired) electrons. The standard InChI is InChI=1S/C12H20/c1-9-6-7-12-10(2)4-3-5-11(12)8-9/h7,9-11H,3-6,8H2,1-2H3. The summed E-state index contributed by atoms with van der Waals surface area (Å²) in [4.78, 5) is 0. The maximum Gasteiger partial charge on any atom is -0.0198 e. The van der Waals surface area contributed by atoms with Crippen LogP contribution in [0.5, 0.6) is 0 Å². The molecule has 12 heavy (non-hydrogen) atoms. The highest BCUT2D eigenvalue weighted by molar-refractivity contribution is 5.15. The van der Waals surface area contributed by atoms with Gasteiger partial charge >= 0.3 is 0 Å². The summed E-state index contributed by atoms with van der Waals surface area (Å²) in [6, 6.07) is 0. The smallest absolute Gasteiger partial charge is 0.0198 e. The number of allylic oxidation sites excluding steroid dienone is 2. The quantitative estimate of drug-likeness (QED) is 0.478. The predicted molar refractivity (Wildman–Crippen MR) is 53.0 cm³/mol.